The smallest absolute Gasteiger partial charge is 0.325 e. The number of nitrogens with two attached hydrogens (primary N) is 2. The molecule has 0 aliphatic carbocycles. The molecule has 10 N–H and O–H groups in total. The highest BCUT2D eigenvalue weighted by Crippen LogP contribution is 2.13. The number of amides is 5. The summed E-state index contributed by atoms with van der Waals surface area (Å²) in [7, 11) is 0. The molecule has 0 fully saturated rings. The SMILES string of the molecule is CCC(C)C(NC(=O)C(N)CCCCN)C(=O)NC(C(=O)NC(Cc1ccccc1)C(=O)NC(Cc1ccccc1)C(=O)NC(C)C(=O)O)C(C)C. The summed E-state index contributed by atoms with van der Waals surface area (Å²) in [4.78, 5) is 79.3. The van der Waals surface area contributed by atoms with Crippen LogP contribution in [0.4, 0.5) is 0 Å². The van der Waals surface area contributed by atoms with Crippen LogP contribution in [0.25, 0.3) is 0 Å². The van der Waals surface area contributed by atoms with Gasteiger partial charge in [0.1, 0.15) is 30.2 Å². The monoisotopic (exact) mass is 723 g/mol. The molecule has 14 nitrogen and oxygen atoms in total. The summed E-state index contributed by atoms with van der Waals surface area (Å²) in [6.07, 6.45) is 2.46. The molecular formula is C38H57N7O7. The van der Waals surface area contributed by atoms with Gasteiger partial charge < -0.3 is 43.2 Å². The summed E-state index contributed by atoms with van der Waals surface area (Å²) in [5.41, 5.74) is 13.1. The van der Waals surface area contributed by atoms with E-state index in [1.807, 2.05) is 19.9 Å². The Balaban J connectivity index is 2.34. The largest absolute Gasteiger partial charge is 0.480 e. The number of rotatable bonds is 22. The number of hydrogen-bond acceptors (Lipinski definition) is 8. The highest BCUT2D eigenvalue weighted by molar-refractivity contribution is 5.96. The Morgan fingerprint density at radius 1 is 0.635 bits per heavy atom. The number of aliphatic carboxylic acids is 1. The molecule has 52 heavy (non-hydrogen) atoms. The predicted molar refractivity (Wildman–Crippen MR) is 198 cm³/mol. The normalized spacial score (nSPS) is 15.2. The lowest BCUT2D eigenvalue weighted by molar-refractivity contribution is -0.141. The third kappa shape index (κ3) is 14.4. The van der Waals surface area contributed by atoms with E-state index in [0.717, 1.165) is 17.5 Å². The zero-order chi connectivity index (χ0) is 38.8. The molecule has 0 aliphatic heterocycles. The molecule has 2 aromatic rings. The molecule has 7 atom stereocenters. The van der Waals surface area contributed by atoms with E-state index in [4.69, 9.17) is 11.5 Å². The number of benzene rings is 2. The molecule has 14 heteroatoms. The number of nitrogens with one attached hydrogen (secondary N) is 5. The molecule has 0 heterocycles. The maximum absolute atomic E-state index is 14.0. The number of carboxylic acids is 1. The van der Waals surface area contributed by atoms with Gasteiger partial charge in [0.05, 0.1) is 6.04 Å². The molecule has 0 bridgehead atoms. The summed E-state index contributed by atoms with van der Waals surface area (Å²) in [5, 5.41) is 22.8. The van der Waals surface area contributed by atoms with E-state index in [9.17, 15) is 33.9 Å². The fourth-order valence-electron chi connectivity index (χ4n) is 5.41. The minimum absolute atomic E-state index is 0.0516. The van der Waals surface area contributed by atoms with Gasteiger partial charge in [-0.25, -0.2) is 0 Å². The summed E-state index contributed by atoms with van der Waals surface area (Å²) in [6, 6.07) is 11.4. The van der Waals surface area contributed by atoms with Crippen molar-refractivity contribution in [1.82, 2.24) is 26.6 Å². The first kappa shape index (κ1) is 43.3. The zero-order valence-corrected chi connectivity index (χ0v) is 30.9. The molecular weight excluding hydrogens is 666 g/mol. The van der Waals surface area contributed by atoms with E-state index in [1.54, 1.807) is 68.4 Å². The Labute approximate surface area is 306 Å². The Bertz CT molecular complexity index is 1460. The third-order valence-corrected chi connectivity index (χ3v) is 8.91. The molecule has 0 saturated carbocycles. The number of carboxylic acid groups (broad SMARTS) is 1. The van der Waals surface area contributed by atoms with Gasteiger partial charge in [-0.1, -0.05) is 101 Å². The maximum atomic E-state index is 14.0. The van der Waals surface area contributed by atoms with Crippen LogP contribution in [0.15, 0.2) is 60.7 Å². The lowest BCUT2D eigenvalue weighted by Gasteiger charge is -2.30. The van der Waals surface area contributed by atoms with Crippen LogP contribution in [-0.4, -0.2) is 83.4 Å². The van der Waals surface area contributed by atoms with E-state index >= 15 is 0 Å². The van der Waals surface area contributed by atoms with Gasteiger partial charge in [0.2, 0.25) is 29.5 Å². The van der Waals surface area contributed by atoms with Gasteiger partial charge in [-0.15, -0.1) is 0 Å². The minimum Gasteiger partial charge on any atom is -0.480 e. The van der Waals surface area contributed by atoms with Crippen molar-refractivity contribution in [3.63, 3.8) is 0 Å². The molecule has 7 unspecified atom stereocenters. The van der Waals surface area contributed by atoms with Crippen molar-refractivity contribution in [2.24, 2.45) is 23.3 Å². The number of hydrogen-bond donors (Lipinski definition) is 8. The van der Waals surface area contributed by atoms with Crippen molar-refractivity contribution in [3.8, 4) is 0 Å². The molecule has 2 rings (SSSR count). The average Bonchev–Trinajstić information content (AvgIpc) is 3.12. The lowest BCUT2D eigenvalue weighted by atomic mass is 9.95. The van der Waals surface area contributed by atoms with Crippen molar-refractivity contribution < 1.29 is 33.9 Å². The van der Waals surface area contributed by atoms with Gasteiger partial charge >= 0.3 is 5.97 Å². The van der Waals surface area contributed by atoms with Crippen molar-refractivity contribution in [2.45, 2.75) is 109 Å². The molecule has 0 spiro atoms. The van der Waals surface area contributed by atoms with Crippen LogP contribution in [-0.2, 0) is 41.6 Å². The van der Waals surface area contributed by atoms with Gasteiger partial charge in [0.25, 0.3) is 0 Å². The van der Waals surface area contributed by atoms with E-state index in [-0.39, 0.29) is 18.8 Å². The summed E-state index contributed by atoms with van der Waals surface area (Å²) >= 11 is 0. The zero-order valence-electron chi connectivity index (χ0n) is 30.9. The van der Waals surface area contributed by atoms with Crippen molar-refractivity contribution >= 4 is 35.5 Å². The van der Waals surface area contributed by atoms with Gasteiger partial charge in [-0.05, 0) is 49.3 Å². The van der Waals surface area contributed by atoms with Gasteiger partial charge in [0.15, 0.2) is 0 Å². The molecule has 0 radical (unpaired) electrons. The fraction of sp³-hybridized carbons (Fsp3) is 0.526. The highest BCUT2D eigenvalue weighted by atomic mass is 16.4. The van der Waals surface area contributed by atoms with Gasteiger partial charge in [-0.3, -0.25) is 28.8 Å². The highest BCUT2D eigenvalue weighted by Gasteiger charge is 2.35. The summed E-state index contributed by atoms with van der Waals surface area (Å²) < 4.78 is 0. The molecule has 286 valence electrons. The minimum atomic E-state index is -1.24. The first-order valence-corrected chi connectivity index (χ1v) is 18.0. The average molecular weight is 724 g/mol. The summed E-state index contributed by atoms with van der Waals surface area (Å²) in [6.45, 7) is 8.97. The van der Waals surface area contributed by atoms with E-state index in [2.05, 4.69) is 26.6 Å². The van der Waals surface area contributed by atoms with Crippen molar-refractivity contribution in [3.05, 3.63) is 71.8 Å². The Kier molecular flexibility index (Phi) is 18.5. The molecule has 0 aromatic heterocycles. The number of carbonyl (C=O) groups is 6. The second kappa shape index (κ2) is 22.2. The maximum Gasteiger partial charge on any atom is 0.325 e. The van der Waals surface area contributed by atoms with Crippen LogP contribution in [0.2, 0.25) is 0 Å². The van der Waals surface area contributed by atoms with Crippen molar-refractivity contribution in [1.29, 1.82) is 0 Å². The van der Waals surface area contributed by atoms with E-state index < -0.39 is 77.7 Å². The van der Waals surface area contributed by atoms with Crippen LogP contribution in [0.5, 0.6) is 0 Å². The van der Waals surface area contributed by atoms with Crippen LogP contribution >= 0.6 is 0 Å². The quantitative estimate of drug-likeness (QED) is 0.0813. The topological polar surface area (TPSA) is 235 Å². The molecule has 5 amide bonds. The predicted octanol–water partition coefficient (Wildman–Crippen LogP) is 1.16. The first-order chi connectivity index (χ1) is 24.7. The number of carbonyl (C=O) groups excluding carboxylic acids is 5. The Morgan fingerprint density at radius 2 is 1.10 bits per heavy atom. The summed E-state index contributed by atoms with van der Waals surface area (Å²) in [5.74, 6) is -5.03. The lowest BCUT2D eigenvalue weighted by Crippen LogP contribution is -2.61. The van der Waals surface area contributed by atoms with Crippen LogP contribution in [0.3, 0.4) is 0 Å². The Morgan fingerprint density at radius 3 is 1.56 bits per heavy atom. The molecule has 2 aromatic carbocycles. The fourth-order valence-corrected chi connectivity index (χ4v) is 5.41. The van der Waals surface area contributed by atoms with Crippen molar-refractivity contribution in [2.75, 3.05) is 6.54 Å². The van der Waals surface area contributed by atoms with Crippen LogP contribution in [0, 0.1) is 11.8 Å². The third-order valence-electron chi connectivity index (χ3n) is 8.91. The van der Waals surface area contributed by atoms with Crippen LogP contribution in [0.1, 0.15) is 71.4 Å². The Hall–Kier alpha value is -4.82. The van der Waals surface area contributed by atoms with Gasteiger partial charge in [0, 0.05) is 12.8 Å². The van der Waals surface area contributed by atoms with Crippen LogP contribution < -0.4 is 38.1 Å². The van der Waals surface area contributed by atoms with Gasteiger partial charge in [-0.2, -0.15) is 0 Å². The first-order valence-electron chi connectivity index (χ1n) is 18.0. The molecule has 0 aliphatic rings. The molecule has 0 saturated heterocycles. The standard InChI is InChI=1S/C38H57N7O7/c1-6-24(4)32(45-33(46)28(40)19-13-14-20-39)37(50)44-31(23(2)3)36(49)43-30(22-27-17-11-8-12-18-27)35(48)42-29(21-26-15-9-7-10-16-26)34(47)41-25(5)38(51)52/h7-12,15-18,23-25,28-32H,6,13-14,19-22,39-40H2,1-5H3,(H,41,47)(H,42,48)(H,43,49)(H,44,50)(H,45,46)(H,51,52). The van der Waals surface area contributed by atoms with E-state index in [0.29, 0.717) is 25.8 Å². The number of unbranched alkanes of at least 4 members (excludes halogenated alkanes) is 1. The van der Waals surface area contributed by atoms with E-state index in [1.165, 1.54) is 6.92 Å². The second-order valence-corrected chi connectivity index (χ2v) is 13.6. The second-order valence-electron chi connectivity index (χ2n) is 13.6.